The van der Waals surface area contributed by atoms with Crippen LogP contribution in [0.15, 0.2) is 23.8 Å². The fourth-order valence-electron chi connectivity index (χ4n) is 3.39. The Morgan fingerprint density at radius 3 is 2.77 bits per heavy atom. The topological polar surface area (TPSA) is 72.8 Å². The van der Waals surface area contributed by atoms with E-state index in [1.807, 2.05) is 19.9 Å². The minimum absolute atomic E-state index is 0.0291. The summed E-state index contributed by atoms with van der Waals surface area (Å²) in [6.07, 6.45) is 2.82. The fraction of sp³-hybridized carbons (Fsp3) is 0.647. The van der Waals surface area contributed by atoms with Crippen molar-refractivity contribution in [3.8, 4) is 0 Å². The smallest absolute Gasteiger partial charge is 0.309 e. The number of esters is 1. The lowest BCUT2D eigenvalue weighted by atomic mass is 9.76. The third-order valence-electron chi connectivity index (χ3n) is 4.92. The summed E-state index contributed by atoms with van der Waals surface area (Å²) in [5.41, 5.74) is 1.66. The molecule has 5 atom stereocenters. The van der Waals surface area contributed by atoms with Crippen molar-refractivity contribution < 1.29 is 24.5 Å². The zero-order chi connectivity index (χ0) is 16.4. The Labute approximate surface area is 130 Å². The molecule has 0 aromatic rings. The number of fused-ring (bicyclic) bond motifs is 1. The highest BCUT2D eigenvalue weighted by molar-refractivity contribution is 5.82. The molecule has 1 aliphatic heterocycles. The highest BCUT2D eigenvalue weighted by Gasteiger charge is 2.43. The lowest BCUT2D eigenvalue weighted by Crippen LogP contribution is -2.30. The van der Waals surface area contributed by atoms with E-state index in [9.17, 15) is 9.59 Å². The maximum Gasteiger partial charge on any atom is 0.309 e. The molecular weight excluding hydrogens is 284 g/mol. The van der Waals surface area contributed by atoms with Gasteiger partial charge in [0.2, 0.25) is 0 Å². The molecular formula is C17H24O5. The van der Waals surface area contributed by atoms with Crippen molar-refractivity contribution >= 4 is 11.8 Å². The number of rotatable bonds is 2. The van der Waals surface area contributed by atoms with Gasteiger partial charge in [-0.2, -0.15) is 0 Å². The molecule has 122 valence electrons. The molecule has 0 saturated carbocycles. The van der Waals surface area contributed by atoms with E-state index in [1.165, 1.54) is 6.92 Å². The molecule has 22 heavy (non-hydrogen) atoms. The lowest BCUT2D eigenvalue weighted by molar-refractivity contribution is -0.270. The molecule has 0 aromatic carbocycles. The summed E-state index contributed by atoms with van der Waals surface area (Å²) in [4.78, 5) is 28.5. The molecule has 2 rings (SSSR count). The van der Waals surface area contributed by atoms with Gasteiger partial charge in [0, 0.05) is 11.8 Å². The molecule has 0 radical (unpaired) electrons. The van der Waals surface area contributed by atoms with Crippen molar-refractivity contribution in [2.75, 3.05) is 0 Å². The third-order valence-corrected chi connectivity index (χ3v) is 4.92. The van der Waals surface area contributed by atoms with E-state index in [0.29, 0.717) is 24.8 Å². The molecule has 1 heterocycles. The minimum atomic E-state index is -0.567. The first-order valence-electron chi connectivity index (χ1n) is 7.72. The van der Waals surface area contributed by atoms with Crippen molar-refractivity contribution in [2.45, 2.75) is 52.2 Å². The number of carbonyl (C=O) groups excluding carboxylic acids is 2. The highest BCUT2D eigenvalue weighted by atomic mass is 17.1. The second kappa shape index (κ2) is 6.75. The minimum Gasteiger partial charge on any atom is -0.458 e. The second-order valence-electron chi connectivity index (χ2n) is 6.47. The van der Waals surface area contributed by atoms with Gasteiger partial charge in [0.05, 0.1) is 5.92 Å². The molecule has 0 amide bonds. The van der Waals surface area contributed by atoms with Gasteiger partial charge in [0.25, 0.3) is 0 Å². The van der Waals surface area contributed by atoms with Gasteiger partial charge in [0.1, 0.15) is 18.0 Å². The first-order valence-corrected chi connectivity index (χ1v) is 7.72. The van der Waals surface area contributed by atoms with Crippen LogP contribution in [0.3, 0.4) is 0 Å². The number of carbonyl (C=O) groups is 2. The van der Waals surface area contributed by atoms with E-state index in [0.717, 1.165) is 5.57 Å². The molecule has 0 bridgehead atoms. The standard InChI is InChI=1S/C17H24O5/c1-9-5-6-15(22-20)10(2)13(12(4)18)8-14-11(3)17(19)21-16(14)7-9/h7,11,13-16,20H,2,5-6,8H2,1,3-4H3/b9-7+/t11-,13?,14-,15+,16+/m0/s1. The van der Waals surface area contributed by atoms with E-state index < -0.39 is 12.0 Å². The van der Waals surface area contributed by atoms with Gasteiger partial charge in [-0.25, -0.2) is 4.89 Å². The first-order chi connectivity index (χ1) is 10.3. The van der Waals surface area contributed by atoms with Gasteiger partial charge in [-0.15, -0.1) is 0 Å². The number of allylic oxidation sites excluding steroid dienone is 1. The molecule has 1 fully saturated rings. The summed E-state index contributed by atoms with van der Waals surface area (Å²) in [6, 6.07) is 0. The molecule has 1 N–H and O–H groups in total. The summed E-state index contributed by atoms with van der Waals surface area (Å²) in [5.74, 6) is -1.00. The van der Waals surface area contributed by atoms with Crippen molar-refractivity contribution in [3.63, 3.8) is 0 Å². The van der Waals surface area contributed by atoms with Crippen LogP contribution in [0.5, 0.6) is 0 Å². The summed E-state index contributed by atoms with van der Waals surface area (Å²) in [6.45, 7) is 9.29. The van der Waals surface area contributed by atoms with Crippen LogP contribution in [0.1, 0.15) is 40.0 Å². The van der Waals surface area contributed by atoms with Gasteiger partial charge in [-0.05, 0) is 44.8 Å². The van der Waals surface area contributed by atoms with Crippen LogP contribution in [0.4, 0.5) is 0 Å². The Bertz CT molecular complexity index is 507. The number of ketones is 1. The molecule has 1 unspecified atom stereocenters. The maximum atomic E-state index is 12.0. The number of Topliss-reactive ketones (excluding diaryl/α,β-unsaturated/α-hetero) is 1. The molecule has 0 spiro atoms. The highest BCUT2D eigenvalue weighted by Crippen LogP contribution is 2.38. The number of hydrogen-bond donors (Lipinski definition) is 1. The number of hydrogen-bond acceptors (Lipinski definition) is 5. The Hall–Kier alpha value is -1.46. The van der Waals surface area contributed by atoms with Crippen molar-refractivity contribution in [2.24, 2.45) is 17.8 Å². The van der Waals surface area contributed by atoms with E-state index in [4.69, 9.17) is 9.99 Å². The molecule has 5 heteroatoms. The predicted molar refractivity (Wildman–Crippen MR) is 81.0 cm³/mol. The number of ether oxygens (including phenoxy) is 1. The van der Waals surface area contributed by atoms with Crippen LogP contribution in [0.2, 0.25) is 0 Å². The molecule has 0 aromatic heterocycles. The predicted octanol–water partition coefficient (Wildman–Crippen LogP) is 2.91. The van der Waals surface area contributed by atoms with Crippen molar-refractivity contribution in [1.29, 1.82) is 0 Å². The lowest BCUT2D eigenvalue weighted by Gasteiger charge is -2.28. The van der Waals surface area contributed by atoms with Crippen molar-refractivity contribution in [3.05, 3.63) is 23.8 Å². The molecule has 2 aliphatic rings. The zero-order valence-corrected chi connectivity index (χ0v) is 13.4. The summed E-state index contributed by atoms with van der Waals surface area (Å²) in [7, 11) is 0. The fourth-order valence-corrected chi connectivity index (χ4v) is 3.39. The van der Waals surface area contributed by atoms with Crippen LogP contribution >= 0.6 is 0 Å². The Morgan fingerprint density at radius 1 is 1.50 bits per heavy atom. The van der Waals surface area contributed by atoms with Gasteiger partial charge in [-0.3, -0.25) is 14.8 Å². The van der Waals surface area contributed by atoms with E-state index in [1.54, 1.807) is 0 Å². The Kier molecular flexibility index (Phi) is 5.19. The van der Waals surface area contributed by atoms with Gasteiger partial charge in [-0.1, -0.05) is 19.1 Å². The third kappa shape index (κ3) is 3.31. The van der Waals surface area contributed by atoms with Crippen LogP contribution in [0.25, 0.3) is 0 Å². The molecule has 1 saturated heterocycles. The summed E-state index contributed by atoms with van der Waals surface area (Å²) < 4.78 is 5.46. The van der Waals surface area contributed by atoms with E-state index >= 15 is 0 Å². The van der Waals surface area contributed by atoms with Crippen LogP contribution in [-0.2, 0) is 19.2 Å². The SMILES string of the molecule is C=C1C(C(C)=O)C[C@H]2[C@H](C)C(=O)O[C@@H]2/C=C(\C)CC[C@H]1OO. The zero-order valence-electron chi connectivity index (χ0n) is 13.4. The van der Waals surface area contributed by atoms with Gasteiger partial charge in [0.15, 0.2) is 0 Å². The molecule has 1 aliphatic carbocycles. The van der Waals surface area contributed by atoms with Crippen LogP contribution in [0, 0.1) is 17.8 Å². The van der Waals surface area contributed by atoms with Gasteiger partial charge >= 0.3 is 5.97 Å². The first kappa shape index (κ1) is 16.9. The monoisotopic (exact) mass is 308 g/mol. The van der Waals surface area contributed by atoms with Crippen LogP contribution in [-0.4, -0.2) is 29.2 Å². The van der Waals surface area contributed by atoms with E-state index in [-0.39, 0.29) is 29.7 Å². The summed E-state index contributed by atoms with van der Waals surface area (Å²) in [5, 5.41) is 9.14. The van der Waals surface area contributed by atoms with Gasteiger partial charge < -0.3 is 4.74 Å². The summed E-state index contributed by atoms with van der Waals surface area (Å²) >= 11 is 0. The molecule has 5 nitrogen and oxygen atoms in total. The average Bonchev–Trinajstić information content (AvgIpc) is 2.71. The Morgan fingerprint density at radius 2 is 2.18 bits per heavy atom. The average molecular weight is 308 g/mol. The van der Waals surface area contributed by atoms with E-state index in [2.05, 4.69) is 11.5 Å². The Balaban J connectivity index is 2.37. The van der Waals surface area contributed by atoms with Crippen LogP contribution < -0.4 is 0 Å². The maximum absolute atomic E-state index is 12.0. The normalized spacial score (nSPS) is 38.7. The second-order valence-corrected chi connectivity index (χ2v) is 6.47. The van der Waals surface area contributed by atoms with Crippen molar-refractivity contribution in [1.82, 2.24) is 0 Å². The largest absolute Gasteiger partial charge is 0.458 e. The quantitative estimate of drug-likeness (QED) is 0.367.